The van der Waals surface area contributed by atoms with Gasteiger partial charge in [0.2, 0.25) is 0 Å². The zero-order valence-electron chi connectivity index (χ0n) is 11.5. The van der Waals surface area contributed by atoms with Gasteiger partial charge >= 0.3 is 0 Å². The summed E-state index contributed by atoms with van der Waals surface area (Å²) in [5, 5.41) is 6.30. The number of hydrogen-bond donors (Lipinski definition) is 2. The topological polar surface area (TPSA) is 54.0 Å². The van der Waals surface area contributed by atoms with Gasteiger partial charge in [-0.05, 0) is 31.5 Å². The third-order valence-electron chi connectivity index (χ3n) is 2.73. The van der Waals surface area contributed by atoms with Crippen LogP contribution in [0.5, 0.6) is 0 Å². The molecule has 0 radical (unpaired) electrons. The highest BCUT2D eigenvalue weighted by Gasteiger charge is 2.09. The summed E-state index contributed by atoms with van der Waals surface area (Å²) in [7, 11) is 0. The van der Waals surface area contributed by atoms with Crippen molar-refractivity contribution in [1.82, 2.24) is 10.3 Å². The predicted octanol–water partition coefficient (Wildman–Crippen LogP) is 3.85. The van der Waals surface area contributed by atoms with Crippen molar-refractivity contribution in [2.45, 2.75) is 13.3 Å². The molecule has 7 heteroatoms. The van der Waals surface area contributed by atoms with Crippen LogP contribution in [0, 0.1) is 0 Å². The molecule has 1 amide bonds. The molecule has 0 aliphatic heterocycles. The Morgan fingerprint density at radius 1 is 1.38 bits per heavy atom. The fourth-order valence-corrected chi connectivity index (χ4v) is 3.07. The second-order valence-corrected chi connectivity index (χ2v) is 6.50. The number of hydrogen-bond acceptors (Lipinski definition) is 4. The number of anilines is 1. The van der Waals surface area contributed by atoms with Crippen LogP contribution >= 0.6 is 34.5 Å². The predicted molar refractivity (Wildman–Crippen MR) is 88.8 cm³/mol. The first-order chi connectivity index (χ1) is 10.1. The summed E-state index contributed by atoms with van der Waals surface area (Å²) in [6.45, 7) is 3.22. The van der Waals surface area contributed by atoms with Crippen LogP contribution in [0.2, 0.25) is 9.36 Å². The Morgan fingerprint density at radius 2 is 2.19 bits per heavy atom. The molecule has 112 valence electrons. The van der Waals surface area contributed by atoms with Gasteiger partial charge in [-0.2, -0.15) is 0 Å². The fraction of sp³-hybridized carbons (Fsp3) is 0.286. The Balaban J connectivity index is 1.89. The van der Waals surface area contributed by atoms with Gasteiger partial charge in [0.05, 0.1) is 14.9 Å². The lowest BCUT2D eigenvalue weighted by Gasteiger charge is -2.07. The van der Waals surface area contributed by atoms with Crippen LogP contribution in [0.3, 0.4) is 0 Å². The van der Waals surface area contributed by atoms with E-state index >= 15 is 0 Å². The highest BCUT2D eigenvalue weighted by atomic mass is 35.5. The van der Waals surface area contributed by atoms with Crippen LogP contribution in [-0.2, 0) is 6.42 Å². The molecule has 2 aromatic heterocycles. The summed E-state index contributed by atoms with van der Waals surface area (Å²) < 4.78 is 0.756. The van der Waals surface area contributed by atoms with Crippen LogP contribution in [0.15, 0.2) is 24.4 Å². The number of carbonyl (C=O) groups is 1. The number of nitrogens with zero attached hydrogens (tertiary/aromatic N) is 1. The van der Waals surface area contributed by atoms with Gasteiger partial charge < -0.3 is 10.6 Å². The van der Waals surface area contributed by atoms with Gasteiger partial charge in [0.25, 0.3) is 5.91 Å². The number of thiophene rings is 1. The molecule has 0 atom stereocenters. The molecule has 2 N–H and O–H groups in total. The summed E-state index contributed by atoms with van der Waals surface area (Å²) in [6, 6.07) is 5.43. The second kappa shape index (κ2) is 7.64. The number of rotatable bonds is 6. The first kappa shape index (κ1) is 16.1. The molecule has 0 aliphatic carbocycles. The second-order valence-electron chi connectivity index (χ2n) is 4.30. The van der Waals surface area contributed by atoms with E-state index in [1.807, 2.05) is 19.1 Å². The number of halogens is 2. The Morgan fingerprint density at radius 3 is 2.81 bits per heavy atom. The summed E-state index contributed by atoms with van der Waals surface area (Å²) in [4.78, 5) is 17.3. The Kier molecular flexibility index (Phi) is 5.85. The van der Waals surface area contributed by atoms with Crippen molar-refractivity contribution in [3.05, 3.63) is 44.2 Å². The molecular formula is C14H15Cl2N3OS. The van der Waals surface area contributed by atoms with Gasteiger partial charge in [-0.25, -0.2) is 4.98 Å². The Hall–Kier alpha value is -1.30. The smallest absolute Gasteiger partial charge is 0.252 e. The van der Waals surface area contributed by atoms with E-state index in [1.165, 1.54) is 17.5 Å². The van der Waals surface area contributed by atoms with E-state index < -0.39 is 0 Å². The first-order valence-electron chi connectivity index (χ1n) is 6.52. The lowest BCUT2D eigenvalue weighted by atomic mass is 10.2. The molecule has 0 aromatic carbocycles. The van der Waals surface area contributed by atoms with Crippen molar-refractivity contribution in [2.75, 3.05) is 18.4 Å². The monoisotopic (exact) mass is 343 g/mol. The summed E-state index contributed by atoms with van der Waals surface area (Å²) in [5.74, 6) is 0.402. The molecule has 2 heterocycles. The average Bonchev–Trinajstić information content (AvgIpc) is 2.87. The molecule has 0 saturated heterocycles. The number of amides is 1. The minimum absolute atomic E-state index is 0.185. The summed E-state index contributed by atoms with van der Waals surface area (Å²) in [6.07, 6.45) is 2.26. The molecule has 4 nitrogen and oxygen atoms in total. The number of carbonyl (C=O) groups excluding carboxylic acids is 1. The minimum Gasteiger partial charge on any atom is -0.369 e. The van der Waals surface area contributed by atoms with Crippen molar-refractivity contribution in [1.29, 1.82) is 0 Å². The number of aromatic nitrogens is 1. The van der Waals surface area contributed by atoms with Crippen LogP contribution in [0.1, 0.15) is 22.2 Å². The maximum absolute atomic E-state index is 12.0. The summed E-state index contributed by atoms with van der Waals surface area (Å²) >= 11 is 13.4. The van der Waals surface area contributed by atoms with E-state index in [1.54, 1.807) is 6.07 Å². The average molecular weight is 344 g/mol. The van der Waals surface area contributed by atoms with Crippen molar-refractivity contribution in [3.8, 4) is 0 Å². The largest absolute Gasteiger partial charge is 0.369 e. The zero-order chi connectivity index (χ0) is 15.2. The van der Waals surface area contributed by atoms with Gasteiger partial charge in [0, 0.05) is 24.2 Å². The van der Waals surface area contributed by atoms with Gasteiger partial charge in [0.15, 0.2) is 0 Å². The third kappa shape index (κ3) is 4.59. The minimum atomic E-state index is -0.185. The summed E-state index contributed by atoms with van der Waals surface area (Å²) in [5.41, 5.74) is 0.450. The van der Waals surface area contributed by atoms with Crippen molar-refractivity contribution in [2.24, 2.45) is 0 Å². The van der Waals surface area contributed by atoms with Crippen LogP contribution < -0.4 is 10.6 Å². The molecule has 21 heavy (non-hydrogen) atoms. The normalized spacial score (nSPS) is 10.4. The van der Waals surface area contributed by atoms with Crippen LogP contribution in [0.4, 0.5) is 5.82 Å². The molecule has 0 saturated carbocycles. The quantitative estimate of drug-likeness (QED) is 0.837. The SMILES string of the molecule is CCNc1ncc(C(=O)NCCc2ccc(Cl)s2)cc1Cl. The fourth-order valence-electron chi connectivity index (χ4n) is 1.75. The van der Waals surface area contributed by atoms with E-state index in [2.05, 4.69) is 15.6 Å². The number of nitrogens with one attached hydrogen (secondary N) is 2. The van der Waals surface area contributed by atoms with E-state index in [4.69, 9.17) is 23.2 Å². The van der Waals surface area contributed by atoms with E-state index in [0.29, 0.717) is 22.9 Å². The maximum Gasteiger partial charge on any atom is 0.252 e. The Bertz CT molecular complexity index is 630. The van der Waals surface area contributed by atoms with Crippen molar-refractivity contribution >= 4 is 46.3 Å². The lowest BCUT2D eigenvalue weighted by Crippen LogP contribution is -2.25. The molecule has 0 aliphatic rings. The molecule has 0 bridgehead atoms. The van der Waals surface area contributed by atoms with E-state index in [0.717, 1.165) is 22.2 Å². The van der Waals surface area contributed by atoms with E-state index in [9.17, 15) is 4.79 Å². The van der Waals surface area contributed by atoms with Gasteiger partial charge in [-0.15, -0.1) is 11.3 Å². The molecule has 2 rings (SSSR count). The van der Waals surface area contributed by atoms with Gasteiger partial charge in [-0.3, -0.25) is 4.79 Å². The highest BCUT2D eigenvalue weighted by Crippen LogP contribution is 2.22. The standard InChI is InChI=1S/C14H15Cl2N3OS/c1-2-17-13-11(15)7-9(8-19-13)14(20)18-6-5-10-3-4-12(16)21-10/h3-4,7-8H,2,5-6H2,1H3,(H,17,19)(H,18,20). The number of pyridine rings is 1. The van der Waals surface area contributed by atoms with Crippen molar-refractivity contribution < 1.29 is 4.79 Å². The van der Waals surface area contributed by atoms with Crippen LogP contribution in [-0.4, -0.2) is 24.0 Å². The first-order valence-corrected chi connectivity index (χ1v) is 8.09. The third-order valence-corrected chi connectivity index (χ3v) is 4.31. The van der Waals surface area contributed by atoms with Crippen molar-refractivity contribution in [3.63, 3.8) is 0 Å². The molecule has 0 fully saturated rings. The molecular weight excluding hydrogens is 329 g/mol. The molecule has 0 spiro atoms. The van der Waals surface area contributed by atoms with Crippen LogP contribution in [0.25, 0.3) is 0 Å². The highest BCUT2D eigenvalue weighted by molar-refractivity contribution is 7.16. The lowest BCUT2D eigenvalue weighted by molar-refractivity contribution is 0.0954. The van der Waals surface area contributed by atoms with E-state index in [-0.39, 0.29) is 5.91 Å². The maximum atomic E-state index is 12.0. The van der Waals surface area contributed by atoms with Gasteiger partial charge in [0.1, 0.15) is 5.82 Å². The molecule has 0 unspecified atom stereocenters. The van der Waals surface area contributed by atoms with Gasteiger partial charge in [-0.1, -0.05) is 23.2 Å². The molecule has 2 aromatic rings. The Labute approximate surface area is 137 Å². The zero-order valence-corrected chi connectivity index (χ0v) is 13.8.